The summed E-state index contributed by atoms with van der Waals surface area (Å²) in [7, 11) is 0. The standard InChI is InChI=1S/C16H14BrFN2O2/c17-13-3-1-2-12(10-13)16(22)20-9-8-19-15(21)11-4-6-14(18)7-5-11/h1-7,10H,8-9H2,(H,19,21)(H,20,22). The van der Waals surface area contributed by atoms with E-state index in [9.17, 15) is 14.0 Å². The van der Waals surface area contributed by atoms with Gasteiger partial charge in [0.2, 0.25) is 0 Å². The molecule has 2 N–H and O–H groups in total. The van der Waals surface area contributed by atoms with Crippen molar-refractivity contribution in [2.75, 3.05) is 13.1 Å². The van der Waals surface area contributed by atoms with Gasteiger partial charge in [0, 0.05) is 28.7 Å². The number of rotatable bonds is 5. The molecule has 2 aromatic rings. The van der Waals surface area contributed by atoms with Crippen LogP contribution in [0.5, 0.6) is 0 Å². The molecule has 2 aromatic carbocycles. The van der Waals surface area contributed by atoms with Gasteiger partial charge >= 0.3 is 0 Å². The molecule has 0 aliphatic rings. The van der Waals surface area contributed by atoms with Gasteiger partial charge in [-0.15, -0.1) is 0 Å². The van der Waals surface area contributed by atoms with Crippen molar-refractivity contribution in [3.8, 4) is 0 Å². The van der Waals surface area contributed by atoms with Crippen LogP contribution in [0.1, 0.15) is 20.7 Å². The summed E-state index contributed by atoms with van der Waals surface area (Å²) in [6.07, 6.45) is 0. The van der Waals surface area contributed by atoms with Crippen LogP contribution >= 0.6 is 15.9 Å². The van der Waals surface area contributed by atoms with E-state index in [1.165, 1.54) is 24.3 Å². The van der Waals surface area contributed by atoms with Crippen molar-refractivity contribution < 1.29 is 14.0 Å². The van der Waals surface area contributed by atoms with Gasteiger partial charge in [-0.1, -0.05) is 22.0 Å². The topological polar surface area (TPSA) is 58.2 Å². The van der Waals surface area contributed by atoms with Crippen LogP contribution < -0.4 is 10.6 Å². The van der Waals surface area contributed by atoms with Gasteiger partial charge in [-0.05, 0) is 42.5 Å². The summed E-state index contributed by atoms with van der Waals surface area (Å²) in [6, 6.07) is 12.3. The average Bonchev–Trinajstić information content (AvgIpc) is 2.51. The lowest BCUT2D eigenvalue weighted by Crippen LogP contribution is -2.34. The molecule has 22 heavy (non-hydrogen) atoms. The van der Waals surface area contributed by atoms with Crippen molar-refractivity contribution in [1.29, 1.82) is 0 Å². The van der Waals surface area contributed by atoms with E-state index in [4.69, 9.17) is 0 Å². The fourth-order valence-electron chi connectivity index (χ4n) is 1.79. The lowest BCUT2D eigenvalue weighted by Gasteiger charge is -2.07. The number of halogens is 2. The molecule has 0 saturated heterocycles. The van der Waals surface area contributed by atoms with Gasteiger partial charge in [0.1, 0.15) is 5.82 Å². The molecule has 2 rings (SSSR count). The second-order valence-corrected chi connectivity index (χ2v) is 5.44. The first-order chi connectivity index (χ1) is 10.6. The molecule has 0 fully saturated rings. The molecule has 0 aliphatic carbocycles. The van der Waals surface area contributed by atoms with Crippen LogP contribution in [0.25, 0.3) is 0 Å². The third-order valence-corrected chi connectivity index (χ3v) is 3.38. The second kappa shape index (κ2) is 7.70. The zero-order valence-corrected chi connectivity index (χ0v) is 13.2. The number of benzene rings is 2. The maximum absolute atomic E-state index is 12.8. The Morgan fingerprint density at radius 3 is 2.09 bits per heavy atom. The van der Waals surface area contributed by atoms with Gasteiger partial charge in [0.05, 0.1) is 0 Å². The third-order valence-electron chi connectivity index (χ3n) is 2.89. The minimum absolute atomic E-state index is 0.211. The Morgan fingerprint density at radius 1 is 0.909 bits per heavy atom. The Morgan fingerprint density at radius 2 is 1.50 bits per heavy atom. The van der Waals surface area contributed by atoms with E-state index in [0.29, 0.717) is 17.7 Å². The van der Waals surface area contributed by atoms with Crippen LogP contribution in [0.3, 0.4) is 0 Å². The minimum Gasteiger partial charge on any atom is -0.350 e. The highest BCUT2D eigenvalue weighted by Gasteiger charge is 2.07. The lowest BCUT2D eigenvalue weighted by molar-refractivity contribution is 0.0927. The largest absolute Gasteiger partial charge is 0.350 e. The maximum atomic E-state index is 12.8. The van der Waals surface area contributed by atoms with E-state index in [1.54, 1.807) is 18.2 Å². The molecular formula is C16H14BrFN2O2. The normalized spacial score (nSPS) is 10.1. The van der Waals surface area contributed by atoms with Crippen LogP contribution in [0.15, 0.2) is 53.0 Å². The first kappa shape index (κ1) is 16.2. The van der Waals surface area contributed by atoms with Crippen molar-refractivity contribution in [1.82, 2.24) is 10.6 Å². The highest BCUT2D eigenvalue weighted by Crippen LogP contribution is 2.11. The van der Waals surface area contributed by atoms with Gasteiger partial charge in [0.25, 0.3) is 11.8 Å². The Balaban J connectivity index is 1.76. The molecule has 0 atom stereocenters. The van der Waals surface area contributed by atoms with E-state index in [0.717, 1.165) is 4.47 Å². The summed E-state index contributed by atoms with van der Waals surface area (Å²) in [5.74, 6) is -0.910. The van der Waals surface area contributed by atoms with E-state index < -0.39 is 5.82 Å². The van der Waals surface area contributed by atoms with Crippen molar-refractivity contribution >= 4 is 27.7 Å². The summed E-state index contributed by atoms with van der Waals surface area (Å²) < 4.78 is 13.6. The lowest BCUT2D eigenvalue weighted by atomic mass is 10.2. The van der Waals surface area contributed by atoms with Crippen molar-refractivity contribution in [3.63, 3.8) is 0 Å². The van der Waals surface area contributed by atoms with Crippen LogP contribution in [0.2, 0.25) is 0 Å². The Kier molecular flexibility index (Phi) is 5.66. The van der Waals surface area contributed by atoms with Crippen molar-refractivity contribution in [3.05, 3.63) is 69.9 Å². The number of nitrogens with one attached hydrogen (secondary N) is 2. The van der Waals surface area contributed by atoms with Crippen molar-refractivity contribution in [2.45, 2.75) is 0 Å². The van der Waals surface area contributed by atoms with Crippen molar-refractivity contribution in [2.24, 2.45) is 0 Å². The highest BCUT2D eigenvalue weighted by molar-refractivity contribution is 9.10. The molecule has 0 bridgehead atoms. The van der Waals surface area contributed by atoms with E-state index >= 15 is 0 Å². The van der Waals surface area contributed by atoms with Crippen LogP contribution in [-0.2, 0) is 0 Å². The fourth-order valence-corrected chi connectivity index (χ4v) is 2.19. The summed E-state index contributed by atoms with van der Waals surface area (Å²) in [6.45, 7) is 0.592. The van der Waals surface area contributed by atoms with Gasteiger partial charge in [-0.2, -0.15) is 0 Å². The monoisotopic (exact) mass is 364 g/mol. The average molecular weight is 365 g/mol. The maximum Gasteiger partial charge on any atom is 0.251 e. The summed E-state index contributed by atoms with van der Waals surface area (Å²) >= 11 is 3.30. The first-order valence-corrected chi connectivity index (χ1v) is 7.43. The second-order valence-electron chi connectivity index (χ2n) is 4.53. The van der Waals surface area contributed by atoms with Gasteiger partial charge in [-0.3, -0.25) is 9.59 Å². The molecule has 0 radical (unpaired) electrons. The number of amides is 2. The number of hydrogen-bond donors (Lipinski definition) is 2. The first-order valence-electron chi connectivity index (χ1n) is 6.64. The molecule has 6 heteroatoms. The Bertz CT molecular complexity index is 674. The Hall–Kier alpha value is -2.21. The zero-order chi connectivity index (χ0) is 15.9. The number of carbonyl (C=O) groups is 2. The summed E-state index contributed by atoms with van der Waals surface area (Å²) in [4.78, 5) is 23.6. The minimum atomic E-state index is -0.391. The predicted molar refractivity (Wildman–Crippen MR) is 85.2 cm³/mol. The molecule has 2 amide bonds. The van der Waals surface area contributed by atoms with Gasteiger partial charge < -0.3 is 10.6 Å². The van der Waals surface area contributed by atoms with Crippen LogP contribution in [0, 0.1) is 5.82 Å². The summed E-state index contributed by atoms with van der Waals surface area (Å²) in [5.41, 5.74) is 0.916. The van der Waals surface area contributed by atoms with Crippen LogP contribution in [0.4, 0.5) is 4.39 Å². The predicted octanol–water partition coefficient (Wildman–Crippen LogP) is 2.75. The summed E-state index contributed by atoms with van der Waals surface area (Å²) in [5, 5.41) is 5.36. The molecule has 0 heterocycles. The van der Waals surface area contributed by atoms with E-state index in [1.807, 2.05) is 6.07 Å². The van der Waals surface area contributed by atoms with Crippen LogP contribution in [-0.4, -0.2) is 24.9 Å². The SMILES string of the molecule is O=C(NCCNC(=O)c1cccc(Br)c1)c1ccc(F)cc1. The Labute approximate surface area is 135 Å². The third kappa shape index (κ3) is 4.66. The molecule has 4 nitrogen and oxygen atoms in total. The van der Waals surface area contributed by atoms with E-state index in [2.05, 4.69) is 26.6 Å². The number of carbonyl (C=O) groups excluding carboxylic acids is 2. The molecular weight excluding hydrogens is 351 g/mol. The molecule has 0 aromatic heterocycles. The number of hydrogen-bond acceptors (Lipinski definition) is 2. The highest BCUT2D eigenvalue weighted by atomic mass is 79.9. The molecule has 0 saturated carbocycles. The van der Waals surface area contributed by atoms with Gasteiger partial charge in [0.15, 0.2) is 0 Å². The molecule has 114 valence electrons. The molecule has 0 spiro atoms. The smallest absolute Gasteiger partial charge is 0.251 e. The van der Waals surface area contributed by atoms with E-state index in [-0.39, 0.29) is 18.4 Å². The fraction of sp³-hybridized carbons (Fsp3) is 0.125. The molecule has 0 unspecified atom stereocenters. The zero-order valence-electron chi connectivity index (χ0n) is 11.6. The quantitative estimate of drug-likeness (QED) is 0.801. The molecule has 0 aliphatic heterocycles. The van der Waals surface area contributed by atoms with Gasteiger partial charge in [-0.25, -0.2) is 4.39 Å².